The smallest absolute Gasteiger partial charge is 0.317 e. The number of rotatable bonds is 7. The van der Waals surface area contributed by atoms with E-state index in [9.17, 15) is 4.79 Å². The number of carbonyl (C=O) groups is 1. The molecular formula is C22H28ClNO5. The highest BCUT2D eigenvalue weighted by Crippen LogP contribution is 2.39. The fraction of sp³-hybridized carbons (Fsp3) is 0.409. The van der Waals surface area contributed by atoms with Gasteiger partial charge in [-0.05, 0) is 47.9 Å². The molecule has 0 saturated heterocycles. The van der Waals surface area contributed by atoms with E-state index in [1.807, 2.05) is 30.3 Å². The van der Waals surface area contributed by atoms with Crippen molar-refractivity contribution in [3.05, 3.63) is 42.0 Å². The van der Waals surface area contributed by atoms with Gasteiger partial charge in [0.1, 0.15) is 12.4 Å². The Hall–Kier alpha value is -2.44. The number of benzene rings is 2. The van der Waals surface area contributed by atoms with Gasteiger partial charge in [-0.15, -0.1) is 12.4 Å². The van der Waals surface area contributed by atoms with Crippen molar-refractivity contribution >= 4 is 18.4 Å². The van der Waals surface area contributed by atoms with Crippen molar-refractivity contribution in [2.24, 2.45) is 0 Å². The maximum atomic E-state index is 10.8. The second-order valence-corrected chi connectivity index (χ2v) is 8.01. The van der Waals surface area contributed by atoms with Gasteiger partial charge in [-0.25, -0.2) is 0 Å². The molecule has 0 spiro atoms. The highest BCUT2D eigenvalue weighted by Gasteiger charge is 2.21. The first-order valence-corrected chi connectivity index (χ1v) is 9.32. The lowest BCUT2D eigenvalue weighted by atomic mass is 9.84. The molecule has 0 unspecified atom stereocenters. The van der Waals surface area contributed by atoms with Gasteiger partial charge in [0, 0.05) is 12.1 Å². The number of carboxylic acid groups (broad SMARTS) is 1. The minimum absolute atomic E-state index is 0. The molecular weight excluding hydrogens is 394 g/mol. The zero-order valence-corrected chi connectivity index (χ0v) is 18.0. The van der Waals surface area contributed by atoms with E-state index in [4.69, 9.17) is 19.3 Å². The molecule has 6 nitrogen and oxygen atoms in total. The summed E-state index contributed by atoms with van der Waals surface area (Å²) in [5.41, 5.74) is 3.14. The molecule has 1 N–H and O–H groups in total. The monoisotopic (exact) mass is 421 g/mol. The Morgan fingerprint density at radius 2 is 1.76 bits per heavy atom. The van der Waals surface area contributed by atoms with Crippen LogP contribution in [0, 0.1) is 0 Å². The van der Waals surface area contributed by atoms with Crippen LogP contribution in [0.15, 0.2) is 36.4 Å². The van der Waals surface area contributed by atoms with E-state index < -0.39 is 5.97 Å². The van der Waals surface area contributed by atoms with Gasteiger partial charge >= 0.3 is 5.97 Å². The molecule has 2 aromatic carbocycles. The Bertz CT molecular complexity index is 863. The minimum atomic E-state index is -0.842. The van der Waals surface area contributed by atoms with E-state index in [0.717, 1.165) is 33.9 Å². The van der Waals surface area contributed by atoms with E-state index >= 15 is 0 Å². The Kier molecular flexibility index (Phi) is 7.38. The van der Waals surface area contributed by atoms with Gasteiger partial charge in [0.15, 0.2) is 11.5 Å². The number of halogens is 1. The molecule has 0 amide bonds. The number of hydrogen-bond donors (Lipinski definition) is 1. The Morgan fingerprint density at radius 1 is 1.10 bits per heavy atom. The first kappa shape index (κ1) is 22.8. The molecule has 2 aromatic rings. The third kappa shape index (κ3) is 5.78. The standard InChI is InChI=1S/C22H27NO5.ClH/c1-22(2,3)17-11-15(16-6-8-19-20(12-16)28-14-27-19)5-7-18(17)26-10-9-23(4)13-21(24)25;/h5-8,11-12H,9-10,13-14H2,1-4H3,(H,24,25);1H. The summed E-state index contributed by atoms with van der Waals surface area (Å²) in [5.74, 6) is 1.51. The van der Waals surface area contributed by atoms with Crippen molar-refractivity contribution in [3.63, 3.8) is 0 Å². The summed E-state index contributed by atoms with van der Waals surface area (Å²) >= 11 is 0. The van der Waals surface area contributed by atoms with Crippen molar-refractivity contribution in [3.8, 4) is 28.4 Å². The van der Waals surface area contributed by atoms with Crippen LogP contribution < -0.4 is 14.2 Å². The van der Waals surface area contributed by atoms with Crippen LogP contribution in [0.25, 0.3) is 11.1 Å². The quantitative estimate of drug-likeness (QED) is 0.722. The third-order valence-corrected chi connectivity index (χ3v) is 4.63. The van der Waals surface area contributed by atoms with Gasteiger partial charge in [0.2, 0.25) is 6.79 Å². The van der Waals surface area contributed by atoms with Gasteiger partial charge in [-0.1, -0.05) is 32.9 Å². The zero-order chi connectivity index (χ0) is 20.3. The Balaban J connectivity index is 0.00000300. The molecule has 0 radical (unpaired) electrons. The molecule has 29 heavy (non-hydrogen) atoms. The number of hydrogen-bond acceptors (Lipinski definition) is 5. The number of likely N-dealkylation sites (N-methyl/N-ethyl adjacent to an activating group) is 1. The van der Waals surface area contributed by atoms with E-state index in [2.05, 4.69) is 26.8 Å². The summed E-state index contributed by atoms with van der Waals surface area (Å²) in [6.45, 7) is 7.67. The summed E-state index contributed by atoms with van der Waals surface area (Å²) < 4.78 is 16.9. The second kappa shape index (κ2) is 9.37. The van der Waals surface area contributed by atoms with Crippen molar-refractivity contribution in [2.45, 2.75) is 26.2 Å². The predicted octanol–water partition coefficient (Wildman–Crippen LogP) is 4.20. The van der Waals surface area contributed by atoms with Gasteiger partial charge in [0.05, 0.1) is 6.54 Å². The number of fused-ring (bicyclic) bond motifs is 1. The normalized spacial score (nSPS) is 12.6. The molecule has 0 bridgehead atoms. The van der Waals surface area contributed by atoms with Gasteiger partial charge in [-0.2, -0.15) is 0 Å². The van der Waals surface area contributed by atoms with Crippen LogP contribution in [-0.4, -0.2) is 49.5 Å². The predicted molar refractivity (Wildman–Crippen MR) is 115 cm³/mol. The molecule has 0 saturated carbocycles. The van der Waals surface area contributed by atoms with Crippen molar-refractivity contribution in [1.82, 2.24) is 4.90 Å². The van der Waals surface area contributed by atoms with Crippen LogP contribution >= 0.6 is 12.4 Å². The first-order chi connectivity index (χ1) is 13.2. The average molecular weight is 422 g/mol. The van der Waals surface area contributed by atoms with Gasteiger partial charge in [0.25, 0.3) is 0 Å². The lowest BCUT2D eigenvalue weighted by Crippen LogP contribution is -2.30. The number of aliphatic carboxylic acids is 1. The van der Waals surface area contributed by atoms with Crippen LogP contribution in [-0.2, 0) is 10.2 Å². The molecule has 7 heteroatoms. The fourth-order valence-electron chi connectivity index (χ4n) is 3.12. The summed E-state index contributed by atoms with van der Waals surface area (Å²) in [6, 6.07) is 12.1. The van der Waals surface area contributed by atoms with Crippen molar-refractivity contribution in [2.75, 3.05) is 33.5 Å². The molecule has 0 aliphatic carbocycles. The summed E-state index contributed by atoms with van der Waals surface area (Å²) in [4.78, 5) is 12.5. The van der Waals surface area contributed by atoms with E-state index in [1.165, 1.54) is 0 Å². The largest absolute Gasteiger partial charge is 0.492 e. The lowest BCUT2D eigenvalue weighted by Gasteiger charge is -2.24. The second-order valence-electron chi connectivity index (χ2n) is 8.01. The van der Waals surface area contributed by atoms with Crippen LogP contribution in [0.5, 0.6) is 17.2 Å². The summed E-state index contributed by atoms with van der Waals surface area (Å²) in [6.07, 6.45) is 0. The van der Waals surface area contributed by atoms with E-state index in [-0.39, 0.29) is 31.2 Å². The highest BCUT2D eigenvalue weighted by molar-refractivity contribution is 5.85. The van der Waals surface area contributed by atoms with Crippen LogP contribution in [0.4, 0.5) is 0 Å². The Morgan fingerprint density at radius 3 is 2.45 bits per heavy atom. The average Bonchev–Trinajstić information content (AvgIpc) is 3.08. The van der Waals surface area contributed by atoms with Crippen molar-refractivity contribution < 1.29 is 24.1 Å². The lowest BCUT2D eigenvalue weighted by molar-refractivity contribution is -0.138. The van der Waals surface area contributed by atoms with E-state index in [1.54, 1.807) is 11.9 Å². The zero-order valence-electron chi connectivity index (χ0n) is 17.2. The first-order valence-electron chi connectivity index (χ1n) is 9.32. The van der Waals surface area contributed by atoms with Gasteiger partial charge < -0.3 is 19.3 Å². The highest BCUT2D eigenvalue weighted by atomic mass is 35.5. The number of nitrogens with zero attached hydrogens (tertiary/aromatic N) is 1. The molecule has 1 aliphatic heterocycles. The minimum Gasteiger partial charge on any atom is -0.492 e. The summed E-state index contributed by atoms with van der Waals surface area (Å²) in [5, 5.41) is 8.85. The third-order valence-electron chi connectivity index (χ3n) is 4.63. The number of carboxylic acids is 1. The van der Waals surface area contributed by atoms with Gasteiger partial charge in [-0.3, -0.25) is 9.69 Å². The molecule has 0 fully saturated rings. The fourth-order valence-corrected chi connectivity index (χ4v) is 3.12. The van der Waals surface area contributed by atoms with Crippen LogP contribution in [0.1, 0.15) is 26.3 Å². The topological polar surface area (TPSA) is 68.2 Å². The summed E-state index contributed by atoms with van der Waals surface area (Å²) in [7, 11) is 1.77. The molecule has 1 heterocycles. The van der Waals surface area contributed by atoms with Crippen molar-refractivity contribution in [1.29, 1.82) is 0 Å². The Labute approximate surface area is 177 Å². The maximum Gasteiger partial charge on any atom is 0.317 e. The molecule has 0 atom stereocenters. The maximum absolute atomic E-state index is 10.8. The number of ether oxygens (including phenoxy) is 3. The van der Waals surface area contributed by atoms with E-state index in [0.29, 0.717) is 13.2 Å². The molecule has 0 aromatic heterocycles. The van der Waals surface area contributed by atoms with Crippen LogP contribution in [0.3, 0.4) is 0 Å². The van der Waals surface area contributed by atoms with Crippen LogP contribution in [0.2, 0.25) is 0 Å². The molecule has 158 valence electrons. The molecule has 3 rings (SSSR count). The molecule has 1 aliphatic rings. The SMILES string of the molecule is CN(CCOc1ccc(-c2ccc3c(c2)OCO3)cc1C(C)(C)C)CC(=O)O.Cl.